The van der Waals surface area contributed by atoms with E-state index in [0.29, 0.717) is 25.2 Å². The van der Waals surface area contributed by atoms with E-state index in [2.05, 4.69) is 5.10 Å². The molecule has 0 radical (unpaired) electrons. The highest BCUT2D eigenvalue weighted by Crippen LogP contribution is 2.29. The van der Waals surface area contributed by atoms with Crippen LogP contribution in [0.25, 0.3) is 0 Å². The fraction of sp³-hybridized carbons (Fsp3) is 0.471. The smallest absolute Gasteiger partial charge is 0.347 e. The third-order valence-corrected chi connectivity index (χ3v) is 4.54. The number of methoxy groups -OCH3 is 1. The lowest BCUT2D eigenvalue weighted by atomic mass is 9.91. The van der Waals surface area contributed by atoms with Gasteiger partial charge in [0, 0.05) is 6.42 Å². The highest BCUT2D eigenvalue weighted by atomic mass is 16.5. The van der Waals surface area contributed by atoms with E-state index in [1.165, 1.54) is 21.9 Å². The molecule has 1 aliphatic rings. The van der Waals surface area contributed by atoms with Gasteiger partial charge in [-0.3, -0.25) is 4.57 Å². The number of carbonyl (C=O) groups excluding carboxylic acids is 1. The monoisotopic (exact) mass is 315 g/mol. The van der Waals surface area contributed by atoms with Crippen molar-refractivity contribution in [2.45, 2.75) is 45.2 Å². The predicted octanol–water partition coefficient (Wildman–Crippen LogP) is 1.63. The average molecular weight is 315 g/mol. The molecule has 23 heavy (non-hydrogen) atoms. The third kappa shape index (κ3) is 2.58. The van der Waals surface area contributed by atoms with Crippen molar-refractivity contribution in [3.05, 3.63) is 51.7 Å². The van der Waals surface area contributed by atoms with Gasteiger partial charge in [0.25, 0.3) is 0 Å². The summed E-state index contributed by atoms with van der Waals surface area (Å²) in [6, 6.07) is 7.99. The molecule has 2 heterocycles. The van der Waals surface area contributed by atoms with Gasteiger partial charge >= 0.3 is 11.7 Å². The maximum Gasteiger partial charge on any atom is 0.347 e. The second-order valence-corrected chi connectivity index (χ2v) is 6.30. The van der Waals surface area contributed by atoms with Crippen molar-refractivity contribution in [2.75, 3.05) is 7.11 Å². The molecular weight excluding hydrogens is 294 g/mol. The highest BCUT2D eigenvalue weighted by molar-refractivity contribution is 5.78. The molecule has 0 bridgehead atoms. The Morgan fingerprint density at radius 1 is 1.35 bits per heavy atom. The first-order valence-electron chi connectivity index (χ1n) is 7.79. The fourth-order valence-electron chi connectivity index (χ4n) is 3.20. The molecule has 0 fully saturated rings. The lowest BCUT2D eigenvalue weighted by Gasteiger charge is -2.31. The van der Waals surface area contributed by atoms with E-state index in [-0.39, 0.29) is 5.69 Å². The quantitative estimate of drug-likeness (QED) is 0.807. The molecule has 122 valence electrons. The molecule has 1 atom stereocenters. The second-order valence-electron chi connectivity index (χ2n) is 6.30. The maximum atomic E-state index is 12.8. The van der Waals surface area contributed by atoms with Crippen molar-refractivity contribution in [1.29, 1.82) is 0 Å². The number of hydrogen-bond acceptors (Lipinski definition) is 4. The molecule has 1 aromatic carbocycles. The van der Waals surface area contributed by atoms with Crippen LogP contribution in [-0.4, -0.2) is 27.4 Å². The minimum atomic E-state index is -0.967. The SMILES string of the molecule is COC(=O)C1(C)CCCc2nn(Cc3ccc(C)cc3)c(=O)n21. The van der Waals surface area contributed by atoms with E-state index in [4.69, 9.17) is 4.74 Å². The van der Waals surface area contributed by atoms with Gasteiger partial charge in [-0.15, -0.1) is 0 Å². The number of esters is 1. The lowest BCUT2D eigenvalue weighted by molar-refractivity contribution is -0.151. The van der Waals surface area contributed by atoms with Crippen LogP contribution in [0.1, 0.15) is 36.7 Å². The summed E-state index contributed by atoms with van der Waals surface area (Å²) in [6.45, 7) is 4.17. The third-order valence-electron chi connectivity index (χ3n) is 4.54. The number of aromatic nitrogens is 3. The van der Waals surface area contributed by atoms with Crippen LogP contribution >= 0.6 is 0 Å². The van der Waals surface area contributed by atoms with E-state index in [1.54, 1.807) is 6.92 Å². The van der Waals surface area contributed by atoms with E-state index in [1.807, 2.05) is 31.2 Å². The lowest BCUT2D eigenvalue weighted by Crippen LogP contribution is -2.48. The van der Waals surface area contributed by atoms with Gasteiger partial charge in [-0.05, 0) is 32.3 Å². The Hall–Kier alpha value is -2.37. The van der Waals surface area contributed by atoms with E-state index >= 15 is 0 Å². The van der Waals surface area contributed by atoms with Crippen LogP contribution in [0.5, 0.6) is 0 Å². The number of aryl methyl sites for hydroxylation is 2. The Morgan fingerprint density at radius 3 is 2.70 bits per heavy atom. The van der Waals surface area contributed by atoms with Crippen LogP contribution in [0.4, 0.5) is 0 Å². The summed E-state index contributed by atoms with van der Waals surface area (Å²) < 4.78 is 7.86. The Balaban J connectivity index is 2.01. The number of hydrogen-bond donors (Lipinski definition) is 0. The first-order valence-corrected chi connectivity index (χ1v) is 7.79. The number of carbonyl (C=O) groups is 1. The molecule has 6 heteroatoms. The van der Waals surface area contributed by atoms with Crippen LogP contribution in [0.3, 0.4) is 0 Å². The largest absolute Gasteiger partial charge is 0.467 e. The molecule has 1 unspecified atom stereocenters. The van der Waals surface area contributed by atoms with Gasteiger partial charge < -0.3 is 4.74 Å². The average Bonchev–Trinajstić information content (AvgIpc) is 2.86. The van der Waals surface area contributed by atoms with E-state index < -0.39 is 11.5 Å². The summed E-state index contributed by atoms with van der Waals surface area (Å²) in [5, 5.41) is 4.44. The normalized spacial score (nSPS) is 20.1. The molecule has 1 aliphatic heterocycles. The Morgan fingerprint density at radius 2 is 2.04 bits per heavy atom. The van der Waals surface area contributed by atoms with Gasteiger partial charge in [0.15, 0.2) is 0 Å². The highest BCUT2D eigenvalue weighted by Gasteiger charge is 2.42. The minimum Gasteiger partial charge on any atom is -0.467 e. The summed E-state index contributed by atoms with van der Waals surface area (Å²) in [7, 11) is 1.35. The van der Waals surface area contributed by atoms with Gasteiger partial charge in [-0.1, -0.05) is 29.8 Å². The van der Waals surface area contributed by atoms with Crippen molar-refractivity contribution < 1.29 is 9.53 Å². The standard InChI is InChI=1S/C17H21N3O3/c1-12-6-8-13(9-7-12)11-19-16(22)20-14(18-19)5-4-10-17(20,2)15(21)23-3/h6-9H,4-5,10-11H2,1-3H3. The summed E-state index contributed by atoms with van der Waals surface area (Å²) >= 11 is 0. The Bertz CT molecular complexity index is 788. The first kappa shape index (κ1) is 15.5. The number of rotatable bonds is 3. The molecule has 0 aliphatic carbocycles. The Kier molecular flexibility index (Phi) is 3.83. The van der Waals surface area contributed by atoms with Gasteiger partial charge in [0.2, 0.25) is 0 Å². The molecular formula is C17H21N3O3. The zero-order chi connectivity index (χ0) is 16.6. The summed E-state index contributed by atoms with van der Waals surface area (Å²) in [5.41, 5.74) is 0.954. The predicted molar refractivity (Wildman–Crippen MR) is 85.4 cm³/mol. The molecule has 0 saturated heterocycles. The number of ether oxygens (including phenoxy) is 1. The number of benzene rings is 1. The molecule has 2 aromatic rings. The molecule has 0 amide bonds. The van der Waals surface area contributed by atoms with Crippen molar-refractivity contribution in [3.8, 4) is 0 Å². The van der Waals surface area contributed by atoms with Crippen molar-refractivity contribution in [3.63, 3.8) is 0 Å². The Labute approximate surface area is 134 Å². The summed E-state index contributed by atoms with van der Waals surface area (Å²) in [5.74, 6) is 0.261. The second kappa shape index (κ2) is 5.68. The van der Waals surface area contributed by atoms with Crippen LogP contribution in [0.2, 0.25) is 0 Å². The molecule has 3 rings (SSSR count). The van der Waals surface area contributed by atoms with Crippen LogP contribution in [0, 0.1) is 6.92 Å². The summed E-state index contributed by atoms with van der Waals surface area (Å²) in [6.07, 6.45) is 2.10. The maximum absolute atomic E-state index is 12.8. The van der Waals surface area contributed by atoms with Crippen molar-refractivity contribution >= 4 is 5.97 Å². The minimum absolute atomic E-state index is 0.256. The van der Waals surface area contributed by atoms with Crippen molar-refractivity contribution in [1.82, 2.24) is 14.3 Å². The van der Waals surface area contributed by atoms with E-state index in [0.717, 1.165) is 12.0 Å². The van der Waals surface area contributed by atoms with Crippen LogP contribution in [0.15, 0.2) is 29.1 Å². The molecule has 6 nitrogen and oxygen atoms in total. The first-order chi connectivity index (χ1) is 11.0. The van der Waals surface area contributed by atoms with Gasteiger partial charge in [0.05, 0.1) is 13.7 Å². The molecule has 0 spiro atoms. The van der Waals surface area contributed by atoms with Gasteiger partial charge in [-0.2, -0.15) is 5.10 Å². The van der Waals surface area contributed by atoms with Gasteiger partial charge in [0.1, 0.15) is 11.4 Å². The molecule has 0 N–H and O–H groups in total. The zero-order valence-electron chi connectivity index (χ0n) is 13.7. The topological polar surface area (TPSA) is 66.1 Å². The van der Waals surface area contributed by atoms with E-state index in [9.17, 15) is 9.59 Å². The van der Waals surface area contributed by atoms with Crippen LogP contribution < -0.4 is 5.69 Å². The van der Waals surface area contributed by atoms with Gasteiger partial charge in [-0.25, -0.2) is 14.3 Å². The molecule has 1 aromatic heterocycles. The molecule has 0 saturated carbocycles. The van der Waals surface area contributed by atoms with Crippen LogP contribution in [-0.2, 0) is 28.0 Å². The fourth-order valence-corrected chi connectivity index (χ4v) is 3.20. The summed E-state index contributed by atoms with van der Waals surface area (Å²) in [4.78, 5) is 25.0. The number of fused-ring (bicyclic) bond motifs is 1. The number of nitrogens with zero attached hydrogens (tertiary/aromatic N) is 3. The van der Waals surface area contributed by atoms with Crippen molar-refractivity contribution in [2.24, 2.45) is 0 Å². The zero-order valence-corrected chi connectivity index (χ0v) is 13.7.